The van der Waals surface area contributed by atoms with Gasteiger partial charge in [-0.1, -0.05) is 29.3 Å². The first kappa shape index (κ1) is 25.6. The van der Waals surface area contributed by atoms with Gasteiger partial charge in [0.1, 0.15) is 18.0 Å². The number of rotatable bonds is 9. The molecule has 3 fully saturated rings. The van der Waals surface area contributed by atoms with Crippen LogP contribution in [0.4, 0.5) is 5.69 Å². The molecule has 36 heavy (non-hydrogen) atoms. The van der Waals surface area contributed by atoms with Gasteiger partial charge >= 0.3 is 0 Å². The van der Waals surface area contributed by atoms with Crippen molar-refractivity contribution >= 4 is 34.8 Å². The first-order valence-electron chi connectivity index (χ1n) is 12.7. The molecule has 194 valence electrons. The Balaban J connectivity index is 1.25. The van der Waals surface area contributed by atoms with Gasteiger partial charge in [0.15, 0.2) is 0 Å². The average molecular weight is 534 g/mol. The van der Waals surface area contributed by atoms with Crippen molar-refractivity contribution in [1.82, 2.24) is 10.2 Å². The van der Waals surface area contributed by atoms with Gasteiger partial charge in [0, 0.05) is 30.3 Å². The van der Waals surface area contributed by atoms with Crippen molar-refractivity contribution in [2.45, 2.75) is 37.5 Å². The number of hydrogen-bond donors (Lipinski definition) is 2. The van der Waals surface area contributed by atoms with Gasteiger partial charge in [0.25, 0.3) is 0 Å². The highest BCUT2D eigenvalue weighted by molar-refractivity contribution is 6.32. The van der Waals surface area contributed by atoms with Crippen molar-refractivity contribution in [3.05, 3.63) is 58.1 Å². The average Bonchev–Trinajstić information content (AvgIpc) is 3.54. The lowest BCUT2D eigenvalue weighted by Gasteiger charge is -2.30. The summed E-state index contributed by atoms with van der Waals surface area (Å²) in [7, 11) is 0. The van der Waals surface area contributed by atoms with E-state index >= 15 is 0 Å². The van der Waals surface area contributed by atoms with Gasteiger partial charge in [-0.15, -0.1) is 0 Å². The van der Waals surface area contributed by atoms with Crippen molar-refractivity contribution in [2.24, 2.45) is 5.92 Å². The molecule has 3 atom stereocenters. The number of amides is 1. The molecule has 3 aliphatic rings. The topological polar surface area (TPSA) is 74.3 Å². The molecule has 0 spiro atoms. The van der Waals surface area contributed by atoms with E-state index in [2.05, 4.69) is 15.1 Å². The predicted molar refractivity (Wildman–Crippen MR) is 141 cm³/mol. The van der Waals surface area contributed by atoms with Gasteiger partial charge in [-0.05, 0) is 74.3 Å². The van der Waals surface area contributed by atoms with Crippen LogP contribution in [0.15, 0.2) is 42.5 Å². The standard InChI is InChI=1S/C27H33Cl2N3O4/c28-20-4-6-21(7-5-20)32-12-9-19(14-32)27(34)30-24(15-31-10-1-2-11-31)26(33)18-3-8-25(23(29)13-18)36-22-16-35-17-22/h3-8,13,19,22,24,26,33H,1-2,9-12,14-17H2,(H,30,34). The molecule has 9 heteroatoms. The zero-order chi connectivity index (χ0) is 25.1. The minimum Gasteiger partial charge on any atom is -0.484 e. The van der Waals surface area contributed by atoms with E-state index in [1.807, 2.05) is 30.3 Å². The summed E-state index contributed by atoms with van der Waals surface area (Å²) in [5, 5.41) is 15.7. The van der Waals surface area contributed by atoms with E-state index in [4.69, 9.17) is 32.7 Å². The highest BCUT2D eigenvalue weighted by Crippen LogP contribution is 2.32. The fraction of sp³-hybridized carbons (Fsp3) is 0.519. The number of anilines is 1. The Morgan fingerprint density at radius 2 is 1.86 bits per heavy atom. The Labute approximate surface area is 222 Å². The molecule has 0 aromatic heterocycles. The monoisotopic (exact) mass is 533 g/mol. The second kappa shape index (κ2) is 11.6. The third-order valence-electron chi connectivity index (χ3n) is 7.31. The molecule has 0 aliphatic carbocycles. The summed E-state index contributed by atoms with van der Waals surface area (Å²) in [4.78, 5) is 17.8. The molecular weight excluding hydrogens is 501 g/mol. The number of halogens is 2. The second-order valence-electron chi connectivity index (χ2n) is 9.94. The molecule has 3 saturated heterocycles. The number of aliphatic hydroxyl groups excluding tert-OH is 1. The summed E-state index contributed by atoms with van der Waals surface area (Å²) >= 11 is 12.5. The molecule has 0 bridgehead atoms. The summed E-state index contributed by atoms with van der Waals surface area (Å²) in [6, 6.07) is 12.6. The van der Waals surface area contributed by atoms with Crippen LogP contribution in [0.5, 0.6) is 5.75 Å². The van der Waals surface area contributed by atoms with Crippen LogP contribution >= 0.6 is 23.2 Å². The fourth-order valence-corrected chi connectivity index (χ4v) is 5.48. The first-order chi connectivity index (χ1) is 17.5. The number of likely N-dealkylation sites (tertiary alicyclic amines) is 1. The van der Waals surface area contributed by atoms with Crippen molar-refractivity contribution in [3.63, 3.8) is 0 Å². The van der Waals surface area contributed by atoms with Crippen LogP contribution in [0.3, 0.4) is 0 Å². The lowest BCUT2D eigenvalue weighted by Crippen LogP contribution is -2.48. The Bertz CT molecular complexity index is 1040. The molecule has 2 N–H and O–H groups in total. The van der Waals surface area contributed by atoms with Crippen molar-refractivity contribution in [3.8, 4) is 5.75 Å². The van der Waals surface area contributed by atoms with Crippen molar-refractivity contribution in [2.75, 3.05) is 50.8 Å². The maximum atomic E-state index is 13.3. The number of aliphatic hydroxyl groups is 1. The Kier molecular flexibility index (Phi) is 8.23. The summed E-state index contributed by atoms with van der Waals surface area (Å²) in [6.07, 6.45) is 2.17. The smallest absolute Gasteiger partial charge is 0.225 e. The Hall–Kier alpha value is -2.03. The molecule has 3 unspecified atom stereocenters. The van der Waals surface area contributed by atoms with E-state index < -0.39 is 12.1 Å². The number of carbonyl (C=O) groups is 1. The molecule has 1 amide bonds. The number of hydrogen-bond acceptors (Lipinski definition) is 6. The Morgan fingerprint density at radius 3 is 2.53 bits per heavy atom. The fourth-order valence-electron chi connectivity index (χ4n) is 5.12. The number of carbonyl (C=O) groups excluding carboxylic acids is 1. The molecule has 3 aliphatic heterocycles. The highest BCUT2D eigenvalue weighted by atomic mass is 35.5. The minimum atomic E-state index is -0.887. The SMILES string of the molecule is O=C(NC(CN1CCCC1)C(O)c1ccc(OC2COC2)c(Cl)c1)C1CCN(c2ccc(Cl)cc2)C1. The zero-order valence-corrected chi connectivity index (χ0v) is 21.8. The summed E-state index contributed by atoms with van der Waals surface area (Å²) < 4.78 is 11.0. The number of nitrogens with one attached hydrogen (secondary N) is 1. The minimum absolute atomic E-state index is 0.0133. The molecule has 3 heterocycles. The van der Waals surface area contributed by atoms with Crippen LogP contribution in [-0.4, -0.2) is 74.0 Å². The van der Waals surface area contributed by atoms with Gasteiger partial charge < -0.3 is 29.7 Å². The van der Waals surface area contributed by atoms with E-state index in [1.54, 1.807) is 12.1 Å². The molecule has 7 nitrogen and oxygen atoms in total. The third-order valence-corrected chi connectivity index (χ3v) is 7.86. The van der Waals surface area contributed by atoms with Crippen molar-refractivity contribution in [1.29, 1.82) is 0 Å². The molecule has 0 saturated carbocycles. The quantitative estimate of drug-likeness (QED) is 0.509. The van der Waals surface area contributed by atoms with Crippen LogP contribution in [-0.2, 0) is 9.53 Å². The van der Waals surface area contributed by atoms with E-state index in [1.165, 1.54) is 0 Å². The van der Waals surface area contributed by atoms with Gasteiger partial charge in [0.05, 0.1) is 30.2 Å². The molecule has 2 aromatic carbocycles. The predicted octanol–water partition coefficient (Wildman–Crippen LogP) is 3.91. The largest absolute Gasteiger partial charge is 0.484 e. The van der Waals surface area contributed by atoms with Gasteiger partial charge in [-0.2, -0.15) is 0 Å². The van der Waals surface area contributed by atoms with Gasteiger partial charge in [-0.25, -0.2) is 0 Å². The number of benzene rings is 2. The van der Waals surface area contributed by atoms with Gasteiger partial charge in [-0.3, -0.25) is 4.79 Å². The van der Waals surface area contributed by atoms with Crippen LogP contribution in [0, 0.1) is 5.92 Å². The lowest BCUT2D eigenvalue weighted by molar-refractivity contribution is -0.126. The van der Waals surface area contributed by atoms with E-state index in [-0.39, 0.29) is 17.9 Å². The third kappa shape index (κ3) is 6.09. The highest BCUT2D eigenvalue weighted by Gasteiger charge is 2.33. The summed E-state index contributed by atoms with van der Waals surface area (Å²) in [6.45, 7) is 5.11. The first-order valence-corrected chi connectivity index (χ1v) is 13.5. The molecule has 5 rings (SSSR count). The van der Waals surface area contributed by atoms with E-state index in [0.29, 0.717) is 47.7 Å². The normalized spacial score (nSPS) is 22.3. The maximum Gasteiger partial charge on any atom is 0.225 e. The molecule has 0 radical (unpaired) electrons. The summed E-state index contributed by atoms with van der Waals surface area (Å²) in [5.41, 5.74) is 1.73. The van der Waals surface area contributed by atoms with Crippen LogP contribution in [0.2, 0.25) is 10.0 Å². The van der Waals surface area contributed by atoms with Gasteiger partial charge in [0.2, 0.25) is 5.91 Å². The maximum absolute atomic E-state index is 13.3. The van der Waals surface area contributed by atoms with E-state index in [0.717, 1.165) is 44.6 Å². The number of ether oxygens (including phenoxy) is 2. The molecule has 2 aromatic rings. The van der Waals surface area contributed by atoms with Crippen LogP contribution in [0.1, 0.15) is 30.9 Å². The number of nitrogens with zero attached hydrogens (tertiary/aromatic N) is 2. The zero-order valence-electron chi connectivity index (χ0n) is 20.2. The van der Waals surface area contributed by atoms with E-state index in [9.17, 15) is 9.90 Å². The second-order valence-corrected chi connectivity index (χ2v) is 10.8. The lowest BCUT2D eigenvalue weighted by atomic mass is 10.00. The summed E-state index contributed by atoms with van der Waals surface area (Å²) in [5.74, 6) is 0.415. The van der Waals surface area contributed by atoms with Crippen molar-refractivity contribution < 1.29 is 19.4 Å². The van der Waals surface area contributed by atoms with Crippen LogP contribution in [0.25, 0.3) is 0 Å². The molecular formula is C27H33Cl2N3O4. The van der Waals surface area contributed by atoms with Crippen LogP contribution < -0.4 is 15.0 Å². The Morgan fingerprint density at radius 1 is 1.11 bits per heavy atom.